The summed E-state index contributed by atoms with van der Waals surface area (Å²) in [5.41, 5.74) is 2.69. The number of aromatic amines is 1. The molecule has 2 amide bonds. The van der Waals surface area contributed by atoms with E-state index in [1.54, 1.807) is 4.90 Å². The Kier molecular flexibility index (Phi) is 6.35. The van der Waals surface area contributed by atoms with Gasteiger partial charge in [-0.15, -0.1) is 0 Å². The molecule has 2 aromatic carbocycles. The average Bonchev–Trinajstić information content (AvgIpc) is 3.34. The van der Waals surface area contributed by atoms with Crippen LogP contribution in [0.3, 0.4) is 0 Å². The molecule has 1 atom stereocenters. The summed E-state index contributed by atoms with van der Waals surface area (Å²) in [6.07, 6.45) is 3.38. The zero-order valence-corrected chi connectivity index (χ0v) is 18.5. The fourth-order valence-corrected chi connectivity index (χ4v) is 4.42. The molecule has 2 N–H and O–H groups in total. The highest BCUT2D eigenvalue weighted by atomic mass is 16.2. The number of nitrogens with one attached hydrogen (secondary N) is 2. The van der Waals surface area contributed by atoms with E-state index in [2.05, 4.69) is 56.9 Å². The molecule has 1 aliphatic rings. The third-order valence-corrected chi connectivity index (χ3v) is 5.99. The molecule has 0 unspecified atom stereocenters. The molecule has 32 heavy (non-hydrogen) atoms. The van der Waals surface area contributed by atoms with E-state index in [9.17, 15) is 9.59 Å². The molecule has 3 aromatic rings. The Hall–Kier alpha value is -3.48. The highest BCUT2D eigenvalue weighted by Gasteiger charge is 2.44. The second-order valence-corrected chi connectivity index (χ2v) is 8.81. The first-order chi connectivity index (χ1) is 15.5. The molecule has 0 aliphatic carbocycles. The van der Waals surface area contributed by atoms with Gasteiger partial charge in [0, 0.05) is 19.1 Å². The summed E-state index contributed by atoms with van der Waals surface area (Å²) in [5.74, 6) is -0.0182. The fraction of sp³-hybridized carbons (Fsp3) is 0.360. The van der Waals surface area contributed by atoms with Crippen molar-refractivity contribution in [3.05, 3.63) is 72.3 Å². The van der Waals surface area contributed by atoms with Gasteiger partial charge in [0.2, 0.25) is 11.7 Å². The lowest BCUT2D eigenvalue weighted by atomic mass is 9.74. The van der Waals surface area contributed by atoms with Crippen LogP contribution >= 0.6 is 0 Å². The summed E-state index contributed by atoms with van der Waals surface area (Å²) in [7, 11) is 0. The second-order valence-electron chi connectivity index (χ2n) is 8.81. The van der Waals surface area contributed by atoms with Crippen LogP contribution in [0.1, 0.15) is 42.9 Å². The third kappa shape index (κ3) is 4.72. The number of H-pyrrole nitrogens is 1. The summed E-state index contributed by atoms with van der Waals surface area (Å²) in [4.78, 5) is 32.0. The minimum absolute atomic E-state index is 0.00490. The lowest BCUT2D eigenvalue weighted by molar-refractivity contribution is -0.134. The summed E-state index contributed by atoms with van der Waals surface area (Å²) in [5, 5.41) is 9.52. The number of likely N-dealkylation sites (tertiary alicyclic amines) is 1. The Labute approximate surface area is 188 Å². The molecule has 0 spiro atoms. The molecule has 4 rings (SSSR count). The Balaban J connectivity index is 1.59. The van der Waals surface area contributed by atoms with Crippen molar-refractivity contribution >= 4 is 11.8 Å². The summed E-state index contributed by atoms with van der Waals surface area (Å²) in [6, 6.07) is 18.6. The van der Waals surface area contributed by atoms with E-state index < -0.39 is 5.41 Å². The number of rotatable bonds is 6. The van der Waals surface area contributed by atoms with Gasteiger partial charge in [-0.1, -0.05) is 54.6 Å². The molecule has 1 fully saturated rings. The number of amides is 2. The highest BCUT2D eigenvalue weighted by molar-refractivity contribution is 5.91. The van der Waals surface area contributed by atoms with Crippen LogP contribution in [0.2, 0.25) is 0 Å². The Bertz CT molecular complexity index is 1050. The number of carbonyl (C=O) groups excluding carboxylic acids is 2. The van der Waals surface area contributed by atoms with Crippen LogP contribution in [0.15, 0.2) is 60.9 Å². The fourth-order valence-electron chi connectivity index (χ4n) is 4.42. The predicted octanol–water partition coefficient (Wildman–Crippen LogP) is 3.46. The van der Waals surface area contributed by atoms with E-state index in [-0.39, 0.29) is 23.7 Å². The minimum Gasteiger partial charge on any atom is -0.353 e. The van der Waals surface area contributed by atoms with Crippen LogP contribution in [0.5, 0.6) is 0 Å². The zero-order chi connectivity index (χ0) is 22.6. The number of hydrogen-bond acceptors (Lipinski definition) is 4. The topological polar surface area (TPSA) is 91.0 Å². The van der Waals surface area contributed by atoms with Crippen molar-refractivity contribution in [1.82, 2.24) is 25.4 Å². The van der Waals surface area contributed by atoms with Crippen molar-refractivity contribution in [2.75, 3.05) is 13.1 Å². The van der Waals surface area contributed by atoms with Gasteiger partial charge >= 0.3 is 0 Å². The molecule has 0 saturated carbocycles. The van der Waals surface area contributed by atoms with Gasteiger partial charge in [0.15, 0.2) is 0 Å². The lowest BCUT2D eigenvalue weighted by Gasteiger charge is -2.42. The van der Waals surface area contributed by atoms with Crippen molar-refractivity contribution in [3.8, 4) is 11.1 Å². The van der Waals surface area contributed by atoms with Crippen molar-refractivity contribution in [1.29, 1.82) is 0 Å². The van der Waals surface area contributed by atoms with Crippen LogP contribution in [0.4, 0.5) is 0 Å². The number of hydrogen-bond donors (Lipinski definition) is 2. The molecule has 166 valence electrons. The highest BCUT2D eigenvalue weighted by Crippen LogP contribution is 2.35. The third-order valence-electron chi connectivity index (χ3n) is 5.99. The second kappa shape index (κ2) is 9.34. The van der Waals surface area contributed by atoms with Crippen molar-refractivity contribution in [2.24, 2.45) is 5.41 Å². The monoisotopic (exact) mass is 431 g/mol. The van der Waals surface area contributed by atoms with Gasteiger partial charge in [0.1, 0.15) is 6.33 Å². The van der Waals surface area contributed by atoms with Crippen LogP contribution in [0.25, 0.3) is 11.1 Å². The van der Waals surface area contributed by atoms with Gasteiger partial charge in [-0.25, -0.2) is 4.98 Å². The van der Waals surface area contributed by atoms with Crippen LogP contribution < -0.4 is 5.32 Å². The smallest absolute Gasteiger partial charge is 0.291 e. The van der Waals surface area contributed by atoms with Gasteiger partial charge in [-0.3, -0.25) is 14.7 Å². The Morgan fingerprint density at radius 1 is 1.09 bits per heavy atom. The maximum atomic E-state index is 13.4. The summed E-state index contributed by atoms with van der Waals surface area (Å²) >= 11 is 0. The van der Waals surface area contributed by atoms with E-state index in [0.29, 0.717) is 19.5 Å². The first-order valence-corrected chi connectivity index (χ1v) is 11.1. The molecule has 1 saturated heterocycles. The molecule has 1 aliphatic heterocycles. The molecule has 0 radical (unpaired) electrons. The lowest BCUT2D eigenvalue weighted by Crippen LogP contribution is -2.55. The molecule has 2 heterocycles. The number of benzene rings is 2. The van der Waals surface area contributed by atoms with E-state index in [1.807, 2.05) is 32.0 Å². The minimum atomic E-state index is -0.688. The van der Waals surface area contributed by atoms with Gasteiger partial charge in [-0.2, -0.15) is 5.10 Å². The zero-order valence-electron chi connectivity index (χ0n) is 18.5. The Morgan fingerprint density at radius 2 is 1.81 bits per heavy atom. The van der Waals surface area contributed by atoms with Crippen molar-refractivity contribution in [3.63, 3.8) is 0 Å². The SMILES string of the molecule is CC(C)NC(=O)[C@]1(Cc2ccc(-c3ccccc3)cc2)CCCN(C(=O)c2ncn[nH]2)C1. The molecular formula is C25H29N5O2. The van der Waals surface area contributed by atoms with Crippen LogP contribution in [0, 0.1) is 5.41 Å². The maximum absolute atomic E-state index is 13.4. The van der Waals surface area contributed by atoms with E-state index in [0.717, 1.165) is 29.5 Å². The number of nitrogens with zero attached hydrogens (tertiary/aromatic N) is 3. The van der Waals surface area contributed by atoms with E-state index in [1.165, 1.54) is 6.33 Å². The first kappa shape index (κ1) is 21.7. The molecular weight excluding hydrogens is 402 g/mol. The maximum Gasteiger partial charge on any atom is 0.291 e. The van der Waals surface area contributed by atoms with Gasteiger partial charge < -0.3 is 10.2 Å². The largest absolute Gasteiger partial charge is 0.353 e. The summed E-state index contributed by atoms with van der Waals surface area (Å²) < 4.78 is 0. The average molecular weight is 432 g/mol. The van der Waals surface area contributed by atoms with Gasteiger partial charge in [0.05, 0.1) is 5.41 Å². The molecule has 1 aromatic heterocycles. The van der Waals surface area contributed by atoms with Crippen LogP contribution in [-0.2, 0) is 11.2 Å². The number of carbonyl (C=O) groups is 2. The van der Waals surface area contributed by atoms with Crippen molar-refractivity contribution < 1.29 is 9.59 Å². The number of piperidine rings is 1. The van der Waals surface area contributed by atoms with Crippen LogP contribution in [-0.4, -0.2) is 51.0 Å². The Morgan fingerprint density at radius 3 is 2.47 bits per heavy atom. The van der Waals surface area contributed by atoms with Gasteiger partial charge in [0.25, 0.3) is 5.91 Å². The standard InChI is InChI=1S/C25H29N5O2/c1-18(2)28-24(32)25(13-6-14-30(16-25)23(31)22-26-17-27-29-22)15-19-9-11-21(12-10-19)20-7-4-3-5-8-20/h3-5,7-12,17-18H,6,13-16H2,1-2H3,(H,28,32)(H,26,27,29)/t25-/m0/s1. The van der Waals surface area contributed by atoms with Crippen molar-refractivity contribution in [2.45, 2.75) is 39.2 Å². The molecule has 7 heteroatoms. The van der Waals surface area contributed by atoms with Gasteiger partial charge in [-0.05, 0) is 49.8 Å². The molecule has 0 bridgehead atoms. The number of aromatic nitrogens is 3. The molecule has 7 nitrogen and oxygen atoms in total. The predicted molar refractivity (Wildman–Crippen MR) is 123 cm³/mol. The first-order valence-electron chi connectivity index (χ1n) is 11.1. The normalized spacial score (nSPS) is 18.5. The quantitative estimate of drug-likeness (QED) is 0.625. The summed E-state index contributed by atoms with van der Waals surface area (Å²) in [6.45, 7) is 4.87. The van der Waals surface area contributed by atoms with E-state index in [4.69, 9.17) is 0 Å². The van der Waals surface area contributed by atoms with E-state index >= 15 is 0 Å².